The highest BCUT2D eigenvalue weighted by molar-refractivity contribution is 7.85. The molecule has 10 nitrogen and oxygen atoms in total. The van der Waals surface area contributed by atoms with E-state index in [1.54, 1.807) is 0 Å². The van der Waals surface area contributed by atoms with Crippen molar-refractivity contribution >= 4 is 20.2 Å². The van der Waals surface area contributed by atoms with Gasteiger partial charge in [0.2, 0.25) is 12.7 Å². The number of imidazole rings is 2. The maximum absolute atomic E-state index is 9.08. The number of H-pyrrole nitrogens is 2. The molecule has 0 saturated carbocycles. The number of aromatic nitrogens is 4. The summed E-state index contributed by atoms with van der Waals surface area (Å²) in [6.45, 7) is 0. The molecule has 0 aliphatic rings. The van der Waals surface area contributed by atoms with E-state index in [2.05, 4.69) is 9.97 Å². The fraction of sp³-hybridized carbons (Fsp3) is 0.400. The van der Waals surface area contributed by atoms with Crippen LogP contribution in [0.15, 0.2) is 37.4 Å². The summed E-state index contributed by atoms with van der Waals surface area (Å²) in [5, 5.41) is 0. The molecule has 0 aliphatic carbocycles. The summed E-state index contributed by atoms with van der Waals surface area (Å²) in [4.78, 5) is 5.78. The molecule has 0 amide bonds. The third-order valence-electron chi connectivity index (χ3n) is 1.37. The molecule has 0 atom stereocenters. The number of nitrogens with one attached hydrogen (secondary N) is 2. The van der Waals surface area contributed by atoms with Crippen LogP contribution in [0.1, 0.15) is 0 Å². The topological polar surface area (TPSA) is 154 Å². The zero-order chi connectivity index (χ0) is 17.8. The Kier molecular flexibility index (Phi) is 11.2. The maximum atomic E-state index is 9.08. The van der Waals surface area contributed by atoms with Crippen molar-refractivity contribution in [3.05, 3.63) is 37.4 Å². The lowest BCUT2D eigenvalue weighted by Crippen LogP contribution is -2.22. The van der Waals surface area contributed by atoms with Gasteiger partial charge >= 0.3 is 0 Å². The number of hydrogen-bond donors (Lipinski definition) is 2. The number of rotatable bonds is 0. The molecule has 0 radical (unpaired) electrons. The molecule has 0 unspecified atom stereocenters. The fourth-order valence-corrected chi connectivity index (χ4v) is 0.728. The second kappa shape index (κ2) is 10.9. The van der Waals surface area contributed by atoms with Crippen molar-refractivity contribution in [3.63, 3.8) is 0 Å². The molecule has 2 N–H and O–H groups in total. The van der Waals surface area contributed by atoms with E-state index >= 15 is 0 Å². The van der Waals surface area contributed by atoms with Crippen molar-refractivity contribution in [1.29, 1.82) is 0 Å². The first kappa shape index (κ1) is 22.5. The SMILES string of the molecule is CS(=O)(=O)[O-].CS(=O)(=O)[O-].C[n+]1cc[nH]c1.C[n+]1cc[nH]c1. The molecule has 2 aromatic heterocycles. The van der Waals surface area contributed by atoms with Crippen LogP contribution < -0.4 is 9.13 Å². The van der Waals surface area contributed by atoms with Crippen molar-refractivity contribution in [1.82, 2.24) is 9.97 Å². The van der Waals surface area contributed by atoms with Crippen LogP contribution >= 0.6 is 0 Å². The normalized spacial score (nSPS) is 10.1. The molecule has 0 saturated heterocycles. The van der Waals surface area contributed by atoms with Gasteiger partial charge in [0.1, 0.15) is 24.8 Å². The average molecular weight is 356 g/mol. The van der Waals surface area contributed by atoms with E-state index in [9.17, 15) is 0 Å². The van der Waals surface area contributed by atoms with Gasteiger partial charge in [0.15, 0.2) is 0 Å². The largest absolute Gasteiger partial charge is 0.748 e. The number of hydrogen-bond acceptors (Lipinski definition) is 6. The van der Waals surface area contributed by atoms with Gasteiger partial charge in [-0.3, -0.25) is 9.97 Å². The molecular formula is C10H20N4O6S2. The van der Waals surface area contributed by atoms with E-state index in [-0.39, 0.29) is 0 Å². The molecule has 12 heteroatoms. The molecule has 0 aromatic carbocycles. The minimum absolute atomic E-state index is 0.604. The Morgan fingerprint density at radius 3 is 1.05 bits per heavy atom. The summed E-state index contributed by atoms with van der Waals surface area (Å²) >= 11 is 0. The third kappa shape index (κ3) is 36.2. The van der Waals surface area contributed by atoms with E-state index in [0.29, 0.717) is 12.5 Å². The van der Waals surface area contributed by atoms with Crippen molar-refractivity contribution < 1.29 is 35.1 Å². The highest BCUT2D eigenvalue weighted by Gasteiger charge is 1.79. The second-order valence-corrected chi connectivity index (χ2v) is 6.78. The van der Waals surface area contributed by atoms with Crippen molar-refractivity contribution in [2.75, 3.05) is 12.5 Å². The Labute approximate surface area is 130 Å². The van der Waals surface area contributed by atoms with E-state index in [4.69, 9.17) is 25.9 Å². The van der Waals surface area contributed by atoms with E-state index < -0.39 is 20.2 Å². The third-order valence-corrected chi connectivity index (χ3v) is 1.37. The molecule has 0 bridgehead atoms. The van der Waals surface area contributed by atoms with E-state index in [0.717, 1.165) is 0 Å². The molecular weight excluding hydrogens is 336 g/mol. The molecule has 22 heavy (non-hydrogen) atoms. The van der Waals surface area contributed by atoms with Gasteiger partial charge in [-0.2, -0.15) is 0 Å². The Morgan fingerprint density at radius 2 is 1.00 bits per heavy atom. The van der Waals surface area contributed by atoms with Crippen LogP contribution in [0.25, 0.3) is 0 Å². The maximum Gasteiger partial charge on any atom is 0.241 e. The van der Waals surface area contributed by atoms with Gasteiger partial charge in [-0.15, -0.1) is 0 Å². The second-order valence-electron chi connectivity index (χ2n) is 3.96. The Morgan fingerprint density at radius 1 is 0.773 bits per heavy atom. The first-order valence-corrected chi connectivity index (χ1v) is 9.20. The Bertz CT molecular complexity index is 600. The number of aryl methyl sites for hydroxylation is 2. The summed E-state index contributed by atoms with van der Waals surface area (Å²) in [6.07, 6.45) is 12.6. The smallest absolute Gasteiger partial charge is 0.241 e. The van der Waals surface area contributed by atoms with Crippen LogP contribution in [0.4, 0.5) is 0 Å². The quantitative estimate of drug-likeness (QED) is 0.411. The highest BCUT2D eigenvalue weighted by atomic mass is 32.2. The van der Waals surface area contributed by atoms with Crippen molar-refractivity contribution in [2.45, 2.75) is 0 Å². The van der Waals surface area contributed by atoms with Gasteiger partial charge in [0, 0.05) is 12.5 Å². The summed E-state index contributed by atoms with van der Waals surface area (Å²) in [5.74, 6) is 0. The van der Waals surface area contributed by atoms with Gasteiger partial charge in [-0.05, 0) is 0 Å². The van der Waals surface area contributed by atoms with Gasteiger partial charge in [0.25, 0.3) is 0 Å². The molecule has 0 spiro atoms. The number of nitrogens with zero attached hydrogens (tertiary/aromatic N) is 2. The van der Waals surface area contributed by atoms with Crippen molar-refractivity contribution in [2.24, 2.45) is 14.1 Å². The van der Waals surface area contributed by atoms with Gasteiger partial charge < -0.3 is 9.11 Å². The van der Waals surface area contributed by atoms with Crippen LogP contribution in [-0.4, -0.2) is 48.4 Å². The molecule has 0 fully saturated rings. The molecule has 0 aliphatic heterocycles. The van der Waals surface area contributed by atoms with E-state index in [1.807, 2.05) is 60.7 Å². The van der Waals surface area contributed by atoms with Crippen molar-refractivity contribution in [3.8, 4) is 0 Å². The predicted octanol–water partition coefficient (Wildman–Crippen LogP) is -2.00. The first-order valence-electron chi connectivity index (χ1n) is 5.57. The van der Waals surface area contributed by atoms with Crippen LogP contribution in [0.5, 0.6) is 0 Å². The lowest BCUT2D eigenvalue weighted by atomic mass is 10.9. The zero-order valence-corrected chi connectivity index (χ0v) is 14.3. The molecule has 128 valence electrons. The van der Waals surface area contributed by atoms with Gasteiger partial charge in [-0.25, -0.2) is 26.0 Å². The Hall–Kier alpha value is -1.76. The summed E-state index contributed by atoms with van der Waals surface area (Å²) in [7, 11) is -3.90. The summed E-state index contributed by atoms with van der Waals surface area (Å²) < 4.78 is 58.3. The van der Waals surface area contributed by atoms with Crippen LogP contribution in [-0.2, 0) is 34.3 Å². The van der Waals surface area contributed by atoms with Crippen LogP contribution in [0, 0.1) is 0 Å². The summed E-state index contributed by atoms with van der Waals surface area (Å²) in [5.41, 5.74) is 0. The highest BCUT2D eigenvalue weighted by Crippen LogP contribution is 1.61. The minimum Gasteiger partial charge on any atom is -0.748 e. The molecule has 2 aromatic rings. The minimum atomic E-state index is -3.92. The van der Waals surface area contributed by atoms with E-state index in [1.165, 1.54) is 0 Å². The predicted molar refractivity (Wildman–Crippen MR) is 75.2 cm³/mol. The zero-order valence-electron chi connectivity index (χ0n) is 12.6. The lowest BCUT2D eigenvalue weighted by Gasteiger charge is -1.90. The van der Waals surface area contributed by atoms with Crippen LogP contribution in [0.3, 0.4) is 0 Å². The lowest BCUT2D eigenvalue weighted by molar-refractivity contribution is -0.670. The standard InChI is InChI=1S/2C4H6N2.2CH4O3S/c2*1-6-3-2-5-4-6;2*1-5(2,3)4/h2*2-4H,1H3;2*1H3,(H,2,3,4). The average Bonchev–Trinajstić information content (AvgIpc) is 2.87. The molecule has 2 heterocycles. The van der Waals surface area contributed by atoms with Crippen LogP contribution in [0.2, 0.25) is 0 Å². The first-order chi connectivity index (χ1) is 9.79. The molecule has 2 rings (SSSR count). The Balaban J connectivity index is 0. The van der Waals surface area contributed by atoms with Gasteiger partial charge in [-0.1, -0.05) is 0 Å². The number of aromatic amines is 2. The fourth-order valence-electron chi connectivity index (χ4n) is 0.728. The summed E-state index contributed by atoms with van der Waals surface area (Å²) in [6, 6.07) is 0. The van der Waals surface area contributed by atoms with Gasteiger partial charge in [0.05, 0.1) is 34.3 Å². The monoisotopic (exact) mass is 356 g/mol.